The van der Waals surface area contributed by atoms with E-state index in [4.69, 9.17) is 9.40 Å². The standard InChI is InChI=1S/C18H18N2O2S/c1-12-13-5-2-3-6-15(13)22-18(12)14-11-23-16(19-14)8-10-20-9-4-7-17(20)21/h2-3,5-6,11H,4,7-10H2,1H3. The van der Waals surface area contributed by atoms with Gasteiger partial charge in [0.15, 0.2) is 5.76 Å². The Morgan fingerprint density at radius 1 is 1.35 bits per heavy atom. The molecule has 0 bridgehead atoms. The molecule has 118 valence electrons. The van der Waals surface area contributed by atoms with E-state index in [1.54, 1.807) is 11.3 Å². The number of furan rings is 1. The minimum atomic E-state index is 0.273. The summed E-state index contributed by atoms with van der Waals surface area (Å²) in [6, 6.07) is 8.06. The van der Waals surface area contributed by atoms with Gasteiger partial charge in [-0.2, -0.15) is 0 Å². The van der Waals surface area contributed by atoms with E-state index >= 15 is 0 Å². The summed E-state index contributed by atoms with van der Waals surface area (Å²) in [5.74, 6) is 1.13. The molecule has 5 heteroatoms. The molecule has 0 spiro atoms. The second-order valence-electron chi connectivity index (χ2n) is 5.91. The van der Waals surface area contributed by atoms with Gasteiger partial charge >= 0.3 is 0 Å². The quantitative estimate of drug-likeness (QED) is 0.727. The number of aromatic nitrogens is 1. The molecule has 1 saturated heterocycles. The third-order valence-electron chi connectivity index (χ3n) is 4.40. The van der Waals surface area contributed by atoms with Crippen LogP contribution in [0.25, 0.3) is 22.4 Å². The summed E-state index contributed by atoms with van der Waals surface area (Å²) in [5.41, 5.74) is 2.93. The summed E-state index contributed by atoms with van der Waals surface area (Å²) in [7, 11) is 0. The zero-order valence-corrected chi connectivity index (χ0v) is 13.9. The highest BCUT2D eigenvalue weighted by molar-refractivity contribution is 7.09. The van der Waals surface area contributed by atoms with Crippen molar-refractivity contribution in [3.8, 4) is 11.5 Å². The molecule has 2 aromatic heterocycles. The largest absolute Gasteiger partial charge is 0.454 e. The molecule has 1 aliphatic rings. The zero-order valence-electron chi connectivity index (χ0n) is 13.0. The smallest absolute Gasteiger partial charge is 0.222 e. The van der Waals surface area contributed by atoms with Gasteiger partial charge in [-0.25, -0.2) is 4.98 Å². The SMILES string of the molecule is Cc1c(-c2csc(CCN3CCCC3=O)n2)oc2ccccc12. The fraction of sp³-hybridized carbons (Fsp3) is 0.333. The van der Waals surface area contributed by atoms with Gasteiger partial charge in [0.05, 0.1) is 5.01 Å². The summed E-state index contributed by atoms with van der Waals surface area (Å²) >= 11 is 1.64. The van der Waals surface area contributed by atoms with Gasteiger partial charge in [-0.1, -0.05) is 18.2 Å². The molecule has 0 aliphatic carbocycles. The number of hydrogen-bond donors (Lipinski definition) is 0. The van der Waals surface area contributed by atoms with Crippen molar-refractivity contribution in [2.24, 2.45) is 0 Å². The summed E-state index contributed by atoms with van der Waals surface area (Å²) in [5, 5.41) is 4.24. The first-order valence-corrected chi connectivity index (χ1v) is 8.81. The summed E-state index contributed by atoms with van der Waals surface area (Å²) in [4.78, 5) is 18.3. The second-order valence-corrected chi connectivity index (χ2v) is 6.86. The Bertz CT molecular complexity index is 865. The fourth-order valence-electron chi connectivity index (χ4n) is 3.12. The van der Waals surface area contributed by atoms with Crippen LogP contribution in [0.3, 0.4) is 0 Å². The maximum absolute atomic E-state index is 11.7. The minimum absolute atomic E-state index is 0.273. The van der Waals surface area contributed by atoms with Crippen molar-refractivity contribution >= 4 is 28.2 Å². The van der Waals surface area contributed by atoms with E-state index in [-0.39, 0.29) is 5.91 Å². The van der Waals surface area contributed by atoms with Crippen LogP contribution in [0.15, 0.2) is 34.1 Å². The van der Waals surface area contributed by atoms with Gasteiger partial charge in [-0.05, 0) is 19.4 Å². The second kappa shape index (κ2) is 5.81. The number of para-hydroxylation sites is 1. The van der Waals surface area contributed by atoms with E-state index in [1.807, 2.05) is 28.5 Å². The van der Waals surface area contributed by atoms with Gasteiger partial charge in [0.25, 0.3) is 0 Å². The van der Waals surface area contributed by atoms with E-state index in [0.29, 0.717) is 6.42 Å². The molecule has 0 saturated carbocycles. The van der Waals surface area contributed by atoms with Crippen molar-refractivity contribution in [3.63, 3.8) is 0 Å². The Kier molecular flexibility index (Phi) is 3.65. The van der Waals surface area contributed by atoms with Crippen LogP contribution < -0.4 is 0 Å². The molecule has 4 nitrogen and oxygen atoms in total. The number of amides is 1. The maximum Gasteiger partial charge on any atom is 0.222 e. The predicted octanol–water partition coefficient (Wildman–Crippen LogP) is 4.03. The third-order valence-corrected chi connectivity index (χ3v) is 5.30. The van der Waals surface area contributed by atoms with Crippen molar-refractivity contribution < 1.29 is 9.21 Å². The average molecular weight is 326 g/mol. The highest BCUT2D eigenvalue weighted by atomic mass is 32.1. The molecule has 0 atom stereocenters. The molecule has 1 aromatic carbocycles. The Morgan fingerprint density at radius 2 is 2.22 bits per heavy atom. The Labute approximate surface area is 138 Å². The molecule has 0 N–H and O–H groups in total. The van der Waals surface area contributed by atoms with E-state index in [1.165, 1.54) is 0 Å². The zero-order chi connectivity index (χ0) is 15.8. The summed E-state index contributed by atoms with van der Waals surface area (Å²) in [6.45, 7) is 3.73. The molecule has 1 fully saturated rings. The van der Waals surface area contributed by atoms with E-state index in [2.05, 4.69) is 13.0 Å². The lowest BCUT2D eigenvalue weighted by Gasteiger charge is -2.13. The topological polar surface area (TPSA) is 46.3 Å². The molecule has 23 heavy (non-hydrogen) atoms. The molecule has 3 aromatic rings. The van der Waals surface area contributed by atoms with Crippen molar-refractivity contribution in [3.05, 3.63) is 40.2 Å². The van der Waals surface area contributed by atoms with Crippen LogP contribution in [-0.2, 0) is 11.2 Å². The van der Waals surface area contributed by atoms with Crippen LogP contribution in [0.1, 0.15) is 23.4 Å². The molecule has 0 radical (unpaired) electrons. The Hall–Kier alpha value is -2.14. The summed E-state index contributed by atoms with van der Waals surface area (Å²) < 4.78 is 5.97. The normalized spacial score (nSPS) is 15.0. The number of nitrogens with zero attached hydrogens (tertiary/aromatic N) is 2. The van der Waals surface area contributed by atoms with E-state index < -0.39 is 0 Å². The van der Waals surface area contributed by atoms with Crippen LogP contribution >= 0.6 is 11.3 Å². The number of hydrogen-bond acceptors (Lipinski definition) is 4. The maximum atomic E-state index is 11.7. The highest BCUT2D eigenvalue weighted by Gasteiger charge is 2.20. The van der Waals surface area contributed by atoms with Gasteiger partial charge in [0.1, 0.15) is 11.3 Å². The average Bonchev–Trinajstić information content (AvgIpc) is 3.25. The van der Waals surface area contributed by atoms with Crippen LogP contribution in [0.2, 0.25) is 0 Å². The molecule has 1 aliphatic heterocycles. The van der Waals surface area contributed by atoms with Crippen molar-refractivity contribution in [2.75, 3.05) is 13.1 Å². The van der Waals surface area contributed by atoms with Crippen molar-refractivity contribution in [1.29, 1.82) is 0 Å². The number of benzene rings is 1. The van der Waals surface area contributed by atoms with Crippen LogP contribution in [0, 0.1) is 6.92 Å². The van der Waals surface area contributed by atoms with Gasteiger partial charge in [0, 0.05) is 42.3 Å². The number of rotatable bonds is 4. The van der Waals surface area contributed by atoms with Gasteiger partial charge in [0.2, 0.25) is 5.91 Å². The van der Waals surface area contributed by atoms with Gasteiger partial charge < -0.3 is 9.32 Å². The first kappa shape index (κ1) is 14.5. The molecular formula is C18H18N2O2S. The van der Waals surface area contributed by atoms with Gasteiger partial charge in [-0.3, -0.25) is 4.79 Å². The van der Waals surface area contributed by atoms with E-state index in [0.717, 1.165) is 58.9 Å². The fourth-order valence-corrected chi connectivity index (χ4v) is 3.89. The van der Waals surface area contributed by atoms with E-state index in [9.17, 15) is 4.79 Å². The van der Waals surface area contributed by atoms with Gasteiger partial charge in [-0.15, -0.1) is 11.3 Å². The lowest BCUT2D eigenvalue weighted by atomic mass is 10.1. The van der Waals surface area contributed by atoms with Crippen LogP contribution in [0.4, 0.5) is 0 Å². The third kappa shape index (κ3) is 2.65. The van der Waals surface area contributed by atoms with Crippen LogP contribution in [0.5, 0.6) is 0 Å². The number of aryl methyl sites for hydroxylation is 1. The monoisotopic (exact) mass is 326 g/mol. The van der Waals surface area contributed by atoms with Crippen LogP contribution in [-0.4, -0.2) is 28.9 Å². The molecular weight excluding hydrogens is 308 g/mol. The molecule has 3 heterocycles. The Morgan fingerprint density at radius 3 is 3.00 bits per heavy atom. The Balaban J connectivity index is 1.54. The summed E-state index contributed by atoms with van der Waals surface area (Å²) in [6.07, 6.45) is 2.50. The first-order chi connectivity index (χ1) is 11.2. The highest BCUT2D eigenvalue weighted by Crippen LogP contribution is 2.33. The number of thiazole rings is 1. The van der Waals surface area contributed by atoms with Crippen molar-refractivity contribution in [1.82, 2.24) is 9.88 Å². The molecule has 0 unspecified atom stereocenters. The minimum Gasteiger partial charge on any atom is -0.454 e. The number of carbonyl (C=O) groups is 1. The number of likely N-dealkylation sites (tertiary alicyclic amines) is 1. The first-order valence-electron chi connectivity index (χ1n) is 7.93. The number of fused-ring (bicyclic) bond motifs is 1. The lowest BCUT2D eigenvalue weighted by molar-refractivity contribution is -0.127. The number of carbonyl (C=O) groups excluding carboxylic acids is 1. The lowest BCUT2D eigenvalue weighted by Crippen LogP contribution is -2.26. The molecule has 4 rings (SSSR count). The predicted molar refractivity (Wildman–Crippen MR) is 91.6 cm³/mol. The molecule has 1 amide bonds. The van der Waals surface area contributed by atoms with Crippen molar-refractivity contribution in [2.45, 2.75) is 26.2 Å².